The van der Waals surface area contributed by atoms with Gasteiger partial charge in [-0.15, -0.1) is 0 Å². The molecule has 2 rings (SSSR count). The van der Waals surface area contributed by atoms with E-state index in [1.807, 2.05) is 26.8 Å². The first-order valence-corrected chi connectivity index (χ1v) is 10.3. The molecule has 0 N–H and O–H groups in total. The van der Waals surface area contributed by atoms with E-state index in [9.17, 15) is 9.59 Å². The average molecular weight is 442 g/mol. The van der Waals surface area contributed by atoms with Crippen LogP contribution in [-0.2, 0) is 25.6 Å². The van der Waals surface area contributed by atoms with Crippen LogP contribution < -0.4 is 0 Å². The second-order valence-corrected chi connectivity index (χ2v) is 7.81. The van der Waals surface area contributed by atoms with Crippen LogP contribution in [0.3, 0.4) is 0 Å². The zero-order valence-corrected chi connectivity index (χ0v) is 19.6. The first-order chi connectivity index (χ1) is 13.5. The highest BCUT2D eigenvalue weighted by Crippen LogP contribution is 2.36. The van der Waals surface area contributed by atoms with E-state index in [1.165, 1.54) is 6.08 Å². The molecule has 1 aromatic heterocycles. The van der Waals surface area contributed by atoms with Crippen molar-refractivity contribution in [1.82, 2.24) is 4.57 Å². The number of nitrogens with zero attached hydrogens (tertiary/aromatic N) is 1. The molecule has 0 saturated carbocycles. The summed E-state index contributed by atoms with van der Waals surface area (Å²) >= 11 is 12.6. The van der Waals surface area contributed by atoms with Crippen molar-refractivity contribution in [2.24, 2.45) is 0 Å². The summed E-state index contributed by atoms with van der Waals surface area (Å²) in [5.74, 6) is -0.878. The molecule has 1 heterocycles. The van der Waals surface area contributed by atoms with Gasteiger partial charge in [0.15, 0.2) is 0 Å². The lowest BCUT2D eigenvalue weighted by molar-refractivity contribution is -0.155. The summed E-state index contributed by atoms with van der Waals surface area (Å²) in [5.41, 5.74) is 1.54. The fourth-order valence-corrected chi connectivity index (χ4v) is 3.21. The number of rotatable bonds is 5. The number of ether oxygens (including phenoxy) is 2. The second-order valence-electron chi connectivity index (χ2n) is 7.03. The Hall–Kier alpha value is -1.98. The highest BCUT2D eigenvalue weighted by molar-refractivity contribution is 6.45. The van der Waals surface area contributed by atoms with Crippen LogP contribution in [0.2, 0.25) is 10.0 Å². The summed E-state index contributed by atoms with van der Waals surface area (Å²) in [6.45, 7) is 13.2. The molecule has 2 aromatic rings. The molecule has 29 heavy (non-hydrogen) atoms. The van der Waals surface area contributed by atoms with Crippen molar-refractivity contribution in [1.29, 1.82) is 0 Å². The molecule has 0 spiro atoms. The van der Waals surface area contributed by atoms with Gasteiger partial charge in [-0.1, -0.05) is 43.1 Å². The maximum Gasteiger partial charge on any atom is 0.330 e. The van der Waals surface area contributed by atoms with Crippen molar-refractivity contribution in [3.8, 4) is 0 Å². The molecule has 0 saturated heterocycles. The maximum atomic E-state index is 12.4. The summed E-state index contributed by atoms with van der Waals surface area (Å²) in [5, 5.41) is 1.57. The first-order valence-electron chi connectivity index (χ1n) is 9.58. The largest absolute Gasteiger partial charge is 0.463 e. The summed E-state index contributed by atoms with van der Waals surface area (Å²) in [6, 6.07) is 3.54. The Kier molecular flexibility index (Phi) is 9.24. The van der Waals surface area contributed by atoms with Gasteiger partial charge in [0.2, 0.25) is 0 Å². The summed E-state index contributed by atoms with van der Waals surface area (Å²) in [6.07, 6.45) is 2.94. The van der Waals surface area contributed by atoms with Crippen LogP contribution in [0.5, 0.6) is 0 Å². The van der Waals surface area contributed by atoms with Gasteiger partial charge in [-0.25, -0.2) is 4.79 Å². The number of aromatic nitrogens is 1. The van der Waals surface area contributed by atoms with Crippen LogP contribution in [0.25, 0.3) is 17.0 Å². The molecule has 7 heteroatoms. The topological polar surface area (TPSA) is 57.5 Å². The van der Waals surface area contributed by atoms with E-state index in [4.69, 9.17) is 32.7 Å². The van der Waals surface area contributed by atoms with Gasteiger partial charge in [0.25, 0.3) is 0 Å². The number of carbonyl (C=O) groups excluding carboxylic acids is 2. The molecule has 0 aliphatic carbocycles. The summed E-state index contributed by atoms with van der Waals surface area (Å²) < 4.78 is 12.1. The van der Waals surface area contributed by atoms with Gasteiger partial charge in [-0.05, 0) is 52.3 Å². The molecule has 1 aromatic carbocycles. The van der Waals surface area contributed by atoms with Gasteiger partial charge >= 0.3 is 11.9 Å². The highest BCUT2D eigenvalue weighted by Gasteiger charge is 2.22. The fourth-order valence-electron chi connectivity index (χ4n) is 2.79. The van der Waals surface area contributed by atoms with Gasteiger partial charge in [0, 0.05) is 17.2 Å². The Morgan fingerprint density at radius 2 is 1.79 bits per heavy atom. The molecule has 0 aliphatic heterocycles. The third-order valence-electron chi connectivity index (χ3n) is 3.79. The van der Waals surface area contributed by atoms with Crippen LogP contribution in [0.1, 0.15) is 52.8 Å². The lowest BCUT2D eigenvalue weighted by Gasteiger charge is -2.20. The molecule has 0 aliphatic rings. The third kappa shape index (κ3) is 6.51. The van der Waals surface area contributed by atoms with Gasteiger partial charge in [0.1, 0.15) is 12.1 Å². The van der Waals surface area contributed by atoms with E-state index in [2.05, 4.69) is 0 Å². The van der Waals surface area contributed by atoms with E-state index in [0.29, 0.717) is 21.3 Å². The summed E-state index contributed by atoms with van der Waals surface area (Å²) in [7, 11) is 0. The Morgan fingerprint density at radius 1 is 1.17 bits per heavy atom. The zero-order chi connectivity index (χ0) is 22.4. The monoisotopic (exact) mass is 441 g/mol. The smallest absolute Gasteiger partial charge is 0.330 e. The number of benzene rings is 1. The van der Waals surface area contributed by atoms with E-state index >= 15 is 0 Å². The van der Waals surface area contributed by atoms with Crippen LogP contribution >= 0.6 is 23.2 Å². The van der Waals surface area contributed by atoms with Crippen molar-refractivity contribution in [3.63, 3.8) is 0 Å². The lowest BCUT2D eigenvalue weighted by atomic mass is 10.1. The van der Waals surface area contributed by atoms with E-state index in [-0.39, 0.29) is 13.2 Å². The van der Waals surface area contributed by atoms with Crippen molar-refractivity contribution in [2.75, 3.05) is 6.61 Å². The van der Waals surface area contributed by atoms with E-state index in [0.717, 1.165) is 10.9 Å². The predicted molar refractivity (Wildman–Crippen MR) is 120 cm³/mol. The molecule has 0 amide bonds. The number of halogens is 2. The lowest BCUT2D eigenvalue weighted by Crippen LogP contribution is -2.26. The number of aryl methyl sites for hydroxylation is 1. The molecular formula is C22H29Cl2NO4. The zero-order valence-electron chi connectivity index (χ0n) is 18.1. The second kappa shape index (κ2) is 10.7. The van der Waals surface area contributed by atoms with Gasteiger partial charge in [0.05, 0.1) is 22.2 Å². The summed E-state index contributed by atoms with van der Waals surface area (Å²) in [4.78, 5) is 24.2. The average Bonchev–Trinajstić information content (AvgIpc) is 2.88. The number of carbonyl (C=O) groups is 2. The van der Waals surface area contributed by atoms with Gasteiger partial charge in [-0.3, -0.25) is 4.79 Å². The highest BCUT2D eigenvalue weighted by atomic mass is 35.5. The van der Waals surface area contributed by atoms with Crippen LogP contribution in [0.4, 0.5) is 0 Å². The normalized spacial score (nSPS) is 11.3. The molecule has 0 fully saturated rings. The fraction of sp³-hybridized carbons (Fsp3) is 0.455. The Morgan fingerprint density at radius 3 is 2.34 bits per heavy atom. The van der Waals surface area contributed by atoms with Crippen LogP contribution in [0.15, 0.2) is 18.2 Å². The van der Waals surface area contributed by atoms with Gasteiger partial charge in [-0.2, -0.15) is 0 Å². The number of esters is 2. The van der Waals surface area contributed by atoms with Crippen molar-refractivity contribution in [2.45, 2.75) is 60.6 Å². The Bertz CT molecular complexity index is 908. The maximum absolute atomic E-state index is 12.4. The van der Waals surface area contributed by atoms with Gasteiger partial charge < -0.3 is 14.0 Å². The molecule has 160 valence electrons. The Balaban J connectivity index is 0.00000204. The molecule has 5 nitrogen and oxygen atoms in total. The van der Waals surface area contributed by atoms with Crippen molar-refractivity contribution < 1.29 is 19.1 Å². The molecule has 0 atom stereocenters. The van der Waals surface area contributed by atoms with E-state index in [1.54, 1.807) is 44.4 Å². The number of fused-ring (bicyclic) bond motifs is 1. The standard InChI is InChI=1S/C20H23Cl2NO4.C2H6/c1-6-26-16(24)10-9-15-12(2)13-7-8-14(21)18(22)19(13)23(15)11-17(25)27-20(3,4)5;1-2/h7-10H,6,11H2,1-5H3;1-2H3/b10-9+;. The number of hydrogen-bond acceptors (Lipinski definition) is 4. The molecule has 0 unspecified atom stereocenters. The minimum atomic E-state index is -0.614. The van der Waals surface area contributed by atoms with Crippen LogP contribution in [0, 0.1) is 6.92 Å². The van der Waals surface area contributed by atoms with E-state index < -0.39 is 17.5 Å². The molecule has 0 radical (unpaired) electrons. The molecular weight excluding hydrogens is 413 g/mol. The quantitative estimate of drug-likeness (QED) is 0.409. The van der Waals surface area contributed by atoms with Crippen LogP contribution in [-0.4, -0.2) is 28.7 Å². The van der Waals surface area contributed by atoms with Crippen molar-refractivity contribution in [3.05, 3.63) is 39.5 Å². The minimum absolute atomic E-state index is 0.0653. The first kappa shape index (κ1) is 25.1. The molecule has 0 bridgehead atoms. The number of hydrogen-bond donors (Lipinski definition) is 0. The van der Waals surface area contributed by atoms with Crippen molar-refractivity contribution >= 4 is 52.1 Å². The SMILES string of the molecule is CC.CCOC(=O)/C=C/c1c(C)c2ccc(Cl)c(Cl)c2n1CC(=O)OC(C)(C)C. The third-order valence-corrected chi connectivity index (χ3v) is 4.58. The predicted octanol–water partition coefficient (Wildman–Crippen LogP) is 6.20. The minimum Gasteiger partial charge on any atom is -0.463 e. The Labute approximate surface area is 182 Å².